The number of hydrogen-bond acceptors (Lipinski definition) is 3. The van der Waals surface area contributed by atoms with Crippen molar-refractivity contribution >= 4 is 11.0 Å². The third-order valence-corrected chi connectivity index (χ3v) is 3.96. The van der Waals surface area contributed by atoms with Crippen molar-refractivity contribution in [2.24, 2.45) is 5.73 Å². The summed E-state index contributed by atoms with van der Waals surface area (Å²) in [7, 11) is 0. The Kier molecular flexibility index (Phi) is 3.35. The molecule has 1 aliphatic rings. The van der Waals surface area contributed by atoms with E-state index in [2.05, 4.69) is 17.0 Å². The molecule has 1 aliphatic heterocycles. The van der Waals surface area contributed by atoms with E-state index in [0.29, 0.717) is 6.04 Å². The van der Waals surface area contributed by atoms with Gasteiger partial charge in [0.05, 0.1) is 6.26 Å². The van der Waals surface area contributed by atoms with Crippen LogP contribution in [0.4, 0.5) is 0 Å². The van der Waals surface area contributed by atoms with Gasteiger partial charge in [-0.15, -0.1) is 0 Å². The van der Waals surface area contributed by atoms with E-state index < -0.39 is 0 Å². The van der Waals surface area contributed by atoms with Gasteiger partial charge in [0.15, 0.2) is 0 Å². The normalized spacial score (nSPS) is 21.5. The molecular formula is C15H20N2O. The van der Waals surface area contributed by atoms with Crippen LogP contribution < -0.4 is 5.73 Å². The fraction of sp³-hybridized carbons (Fsp3) is 0.467. The number of benzene rings is 1. The lowest BCUT2D eigenvalue weighted by Gasteiger charge is -2.34. The van der Waals surface area contributed by atoms with E-state index in [-0.39, 0.29) is 0 Å². The van der Waals surface area contributed by atoms with Gasteiger partial charge in [0.25, 0.3) is 0 Å². The first kappa shape index (κ1) is 11.8. The number of fused-ring (bicyclic) bond motifs is 1. The molecule has 0 spiro atoms. The van der Waals surface area contributed by atoms with E-state index >= 15 is 0 Å². The molecule has 2 N–H and O–H groups in total. The van der Waals surface area contributed by atoms with E-state index in [4.69, 9.17) is 10.2 Å². The summed E-state index contributed by atoms with van der Waals surface area (Å²) in [4.78, 5) is 2.50. The maximum atomic E-state index is 5.87. The van der Waals surface area contributed by atoms with Crippen molar-refractivity contribution in [2.45, 2.75) is 31.8 Å². The first-order chi connectivity index (χ1) is 8.88. The Hall–Kier alpha value is -1.32. The van der Waals surface area contributed by atoms with Crippen LogP contribution in [0.25, 0.3) is 11.0 Å². The lowest BCUT2D eigenvalue weighted by molar-refractivity contribution is 0.145. The Morgan fingerprint density at radius 2 is 2.17 bits per heavy atom. The van der Waals surface area contributed by atoms with Gasteiger partial charge in [0.2, 0.25) is 0 Å². The Labute approximate surface area is 108 Å². The fourth-order valence-corrected chi connectivity index (χ4v) is 2.91. The molecule has 1 saturated heterocycles. The second-order valence-electron chi connectivity index (χ2n) is 5.11. The second kappa shape index (κ2) is 5.12. The van der Waals surface area contributed by atoms with Gasteiger partial charge < -0.3 is 10.2 Å². The van der Waals surface area contributed by atoms with Gasteiger partial charge in [-0.1, -0.05) is 24.6 Å². The molecule has 96 valence electrons. The molecule has 1 atom stereocenters. The van der Waals surface area contributed by atoms with E-state index in [0.717, 1.165) is 25.2 Å². The maximum absolute atomic E-state index is 5.87. The average molecular weight is 244 g/mol. The van der Waals surface area contributed by atoms with Crippen LogP contribution in [0.15, 0.2) is 34.9 Å². The number of nitrogens with zero attached hydrogens (tertiary/aromatic N) is 1. The molecule has 3 rings (SSSR count). The Morgan fingerprint density at radius 3 is 3.06 bits per heavy atom. The van der Waals surface area contributed by atoms with E-state index in [1.54, 1.807) is 0 Å². The lowest BCUT2D eigenvalue weighted by Crippen LogP contribution is -2.43. The smallest absolute Gasteiger partial charge is 0.134 e. The van der Waals surface area contributed by atoms with Crippen molar-refractivity contribution in [3.05, 3.63) is 36.1 Å². The minimum absolute atomic E-state index is 0.535. The molecule has 3 nitrogen and oxygen atoms in total. The number of rotatable bonds is 3. The molecule has 1 aromatic carbocycles. The van der Waals surface area contributed by atoms with Gasteiger partial charge in [-0.05, 0) is 25.5 Å². The zero-order valence-corrected chi connectivity index (χ0v) is 10.6. The molecule has 0 amide bonds. The standard InChI is InChI=1S/C15H20N2O/c16-9-13-5-3-4-8-17(13)10-12-11-18-15-7-2-1-6-14(12)15/h1-2,6-7,11,13H,3-5,8-10,16H2. The number of piperidine rings is 1. The molecule has 0 radical (unpaired) electrons. The number of nitrogens with two attached hydrogens (primary N) is 1. The topological polar surface area (TPSA) is 42.4 Å². The van der Waals surface area contributed by atoms with Gasteiger partial charge in [-0.2, -0.15) is 0 Å². The Morgan fingerprint density at radius 1 is 1.28 bits per heavy atom. The number of hydrogen-bond donors (Lipinski definition) is 1. The van der Waals surface area contributed by atoms with Crippen molar-refractivity contribution in [1.82, 2.24) is 4.90 Å². The largest absolute Gasteiger partial charge is 0.464 e. The van der Waals surface area contributed by atoms with Gasteiger partial charge in [-0.25, -0.2) is 0 Å². The number of furan rings is 1. The SMILES string of the molecule is NCC1CCCCN1Cc1coc2ccccc12. The molecule has 0 bridgehead atoms. The zero-order valence-electron chi connectivity index (χ0n) is 10.6. The summed E-state index contributed by atoms with van der Waals surface area (Å²) in [5, 5.41) is 1.24. The molecule has 2 aromatic rings. The molecular weight excluding hydrogens is 224 g/mol. The Balaban J connectivity index is 1.82. The minimum Gasteiger partial charge on any atom is -0.464 e. The summed E-state index contributed by atoms with van der Waals surface area (Å²) in [6.07, 6.45) is 5.72. The predicted octanol–water partition coefficient (Wildman–Crippen LogP) is 2.75. The summed E-state index contributed by atoms with van der Waals surface area (Å²) in [6.45, 7) is 2.87. The van der Waals surface area contributed by atoms with Gasteiger partial charge in [0, 0.05) is 30.1 Å². The van der Waals surface area contributed by atoms with Gasteiger partial charge >= 0.3 is 0 Å². The quantitative estimate of drug-likeness (QED) is 0.902. The summed E-state index contributed by atoms with van der Waals surface area (Å²) in [6, 6.07) is 8.77. The monoisotopic (exact) mass is 244 g/mol. The highest BCUT2D eigenvalue weighted by molar-refractivity contribution is 5.80. The van der Waals surface area contributed by atoms with Crippen molar-refractivity contribution < 1.29 is 4.42 Å². The second-order valence-corrected chi connectivity index (χ2v) is 5.11. The average Bonchev–Trinajstić information content (AvgIpc) is 2.83. The Bertz CT molecular complexity index is 520. The number of likely N-dealkylation sites (tertiary alicyclic amines) is 1. The third kappa shape index (κ3) is 2.16. The van der Waals surface area contributed by atoms with Gasteiger partial charge in [0.1, 0.15) is 5.58 Å². The highest BCUT2D eigenvalue weighted by Gasteiger charge is 2.22. The van der Waals surface area contributed by atoms with E-state index in [9.17, 15) is 0 Å². The highest BCUT2D eigenvalue weighted by Crippen LogP contribution is 2.25. The fourth-order valence-electron chi connectivity index (χ4n) is 2.91. The minimum atomic E-state index is 0.535. The molecule has 1 unspecified atom stereocenters. The summed E-state index contributed by atoms with van der Waals surface area (Å²) in [5.74, 6) is 0. The van der Waals surface area contributed by atoms with Crippen LogP contribution in [0.3, 0.4) is 0 Å². The molecule has 0 aliphatic carbocycles. The van der Waals surface area contributed by atoms with Crippen molar-refractivity contribution in [2.75, 3.05) is 13.1 Å². The summed E-state index contributed by atoms with van der Waals surface area (Å²) in [5.41, 5.74) is 8.13. The van der Waals surface area contributed by atoms with Crippen LogP contribution >= 0.6 is 0 Å². The highest BCUT2D eigenvalue weighted by atomic mass is 16.3. The van der Waals surface area contributed by atoms with Crippen LogP contribution in [0.5, 0.6) is 0 Å². The van der Waals surface area contributed by atoms with Crippen LogP contribution in [-0.2, 0) is 6.54 Å². The van der Waals surface area contributed by atoms with Crippen LogP contribution in [0.2, 0.25) is 0 Å². The zero-order chi connectivity index (χ0) is 12.4. The molecule has 0 saturated carbocycles. The van der Waals surface area contributed by atoms with Gasteiger partial charge in [-0.3, -0.25) is 4.90 Å². The molecule has 2 heterocycles. The molecule has 1 fully saturated rings. The van der Waals surface area contributed by atoms with E-state index in [1.165, 1.54) is 30.2 Å². The van der Waals surface area contributed by atoms with Crippen molar-refractivity contribution in [3.8, 4) is 0 Å². The molecule has 18 heavy (non-hydrogen) atoms. The molecule has 3 heteroatoms. The van der Waals surface area contributed by atoms with Crippen LogP contribution in [0, 0.1) is 0 Å². The summed E-state index contributed by atoms with van der Waals surface area (Å²) >= 11 is 0. The predicted molar refractivity (Wildman–Crippen MR) is 73.3 cm³/mol. The lowest BCUT2D eigenvalue weighted by atomic mass is 10.0. The van der Waals surface area contributed by atoms with Crippen LogP contribution in [-0.4, -0.2) is 24.0 Å². The maximum Gasteiger partial charge on any atom is 0.134 e. The van der Waals surface area contributed by atoms with Crippen LogP contribution in [0.1, 0.15) is 24.8 Å². The van der Waals surface area contributed by atoms with E-state index in [1.807, 2.05) is 18.4 Å². The summed E-state index contributed by atoms with van der Waals surface area (Å²) < 4.78 is 5.60. The third-order valence-electron chi connectivity index (χ3n) is 3.96. The van der Waals surface area contributed by atoms with Crippen molar-refractivity contribution in [3.63, 3.8) is 0 Å². The van der Waals surface area contributed by atoms with Crippen molar-refractivity contribution in [1.29, 1.82) is 0 Å². The first-order valence-electron chi connectivity index (χ1n) is 6.77. The molecule has 1 aromatic heterocycles. The number of para-hydroxylation sites is 1. The first-order valence-corrected chi connectivity index (χ1v) is 6.77.